The Morgan fingerprint density at radius 1 is 0.407 bits per heavy atom. The summed E-state index contributed by atoms with van der Waals surface area (Å²) in [5, 5.41) is 7.82. The molecule has 430 valence electrons. The number of hydrogen-bond acceptors (Lipinski definition) is 14. The quantitative estimate of drug-likeness (QED) is 0.0347. The maximum Gasteiger partial charge on any atom is 0.332 e. The van der Waals surface area contributed by atoms with Crippen molar-refractivity contribution < 1.29 is 43.2 Å². The van der Waals surface area contributed by atoms with Crippen molar-refractivity contribution in [3.05, 3.63) is 279 Å². The SMILES string of the molecule is CC(=O)O/N=C(\C(=O)c1ccc(Sc2ccc(C(=O)c3ccc(-c4ccccc4)cc3)cc2)cc1)c1cc(C)ccc1C.CC(=O)O/N=C(\C(=O)c1ccc(Sc2ccc(C(=O)c3ccc(N4CCOCC4)cc3)cc2)cc1)c1cc(C)ccc1C. The van der Waals surface area contributed by atoms with Crippen LogP contribution in [0.2, 0.25) is 0 Å². The van der Waals surface area contributed by atoms with E-state index in [2.05, 4.69) is 15.2 Å². The summed E-state index contributed by atoms with van der Waals surface area (Å²) in [4.78, 5) is 91.7. The van der Waals surface area contributed by atoms with E-state index in [4.69, 9.17) is 14.4 Å². The zero-order valence-electron chi connectivity index (χ0n) is 48.4. The van der Waals surface area contributed by atoms with E-state index in [9.17, 15) is 28.8 Å². The smallest absolute Gasteiger partial charge is 0.332 e. The van der Waals surface area contributed by atoms with Gasteiger partial charge in [0, 0.05) is 96.7 Å². The van der Waals surface area contributed by atoms with Crippen LogP contribution in [0.15, 0.2) is 242 Å². The van der Waals surface area contributed by atoms with Gasteiger partial charge in [0.05, 0.1) is 13.2 Å². The molecule has 86 heavy (non-hydrogen) atoms. The standard InChI is InChI=1S/C37H29NO4S.C35H32N2O5S/c1-24-9-10-25(2)34(23-24)35(38-42-26(3)39)37(41)31-17-21-33(22-18-31)43-32-19-15-30(16-20-32)36(40)29-13-11-28(12-14-29)27-7-5-4-6-8-27;1-23-4-5-24(2)32(22-23)33(36-42-25(3)38)35(40)28-10-16-31(17-11-28)43-30-14-8-27(9-15-30)34(39)26-6-12-29(13-7-26)37-18-20-41-21-19-37/h4-23H,1-3H3;4-17,22H,18-21H2,1-3H3/b38-35-;36-33-. The van der Waals surface area contributed by atoms with Crippen molar-refractivity contribution in [3.8, 4) is 11.1 Å². The van der Waals surface area contributed by atoms with Gasteiger partial charge in [0.2, 0.25) is 11.6 Å². The molecule has 10 rings (SSSR count). The van der Waals surface area contributed by atoms with Crippen molar-refractivity contribution in [3.63, 3.8) is 0 Å². The highest BCUT2D eigenvalue weighted by molar-refractivity contribution is 7.99. The number of ketones is 4. The lowest BCUT2D eigenvalue weighted by molar-refractivity contribution is -0.141. The van der Waals surface area contributed by atoms with Crippen LogP contribution in [0, 0.1) is 27.7 Å². The predicted molar refractivity (Wildman–Crippen MR) is 339 cm³/mol. The number of ether oxygens (including phenoxy) is 1. The molecule has 0 amide bonds. The Morgan fingerprint density at radius 2 is 0.744 bits per heavy atom. The van der Waals surface area contributed by atoms with Crippen LogP contribution in [0.5, 0.6) is 0 Å². The van der Waals surface area contributed by atoms with Crippen LogP contribution < -0.4 is 4.90 Å². The van der Waals surface area contributed by atoms with Crippen LogP contribution in [0.1, 0.15) is 99.8 Å². The minimum atomic E-state index is -0.601. The first-order valence-corrected chi connectivity index (χ1v) is 29.4. The van der Waals surface area contributed by atoms with Gasteiger partial charge in [-0.1, -0.05) is 124 Å². The fourth-order valence-corrected chi connectivity index (χ4v) is 10.9. The number of aryl methyl sites for hydroxylation is 4. The van der Waals surface area contributed by atoms with Gasteiger partial charge in [-0.25, -0.2) is 9.59 Å². The highest BCUT2D eigenvalue weighted by Gasteiger charge is 2.23. The van der Waals surface area contributed by atoms with E-state index in [1.165, 1.54) is 37.4 Å². The number of nitrogens with zero attached hydrogens (tertiary/aromatic N) is 3. The zero-order valence-corrected chi connectivity index (χ0v) is 50.0. The van der Waals surface area contributed by atoms with Crippen molar-refractivity contribution in [1.29, 1.82) is 0 Å². The molecule has 0 saturated carbocycles. The lowest BCUT2D eigenvalue weighted by Crippen LogP contribution is -2.36. The van der Waals surface area contributed by atoms with Crippen LogP contribution in [-0.4, -0.2) is 72.8 Å². The van der Waals surface area contributed by atoms with Gasteiger partial charge in [-0.2, -0.15) is 0 Å². The first-order valence-electron chi connectivity index (χ1n) is 27.8. The molecule has 9 aromatic rings. The summed E-state index contributed by atoms with van der Waals surface area (Å²) in [6, 6.07) is 66.2. The van der Waals surface area contributed by atoms with Gasteiger partial charge in [0.25, 0.3) is 0 Å². The Morgan fingerprint density at radius 3 is 1.12 bits per heavy atom. The van der Waals surface area contributed by atoms with Crippen LogP contribution in [-0.2, 0) is 24.0 Å². The largest absolute Gasteiger partial charge is 0.378 e. The molecule has 0 unspecified atom stereocenters. The minimum absolute atomic E-state index is 0.0250. The van der Waals surface area contributed by atoms with Gasteiger partial charge in [0.1, 0.15) is 0 Å². The molecule has 14 heteroatoms. The fraction of sp³-hybridized carbons (Fsp3) is 0.139. The van der Waals surface area contributed by atoms with Gasteiger partial charge in [-0.05, 0) is 183 Å². The number of carbonyl (C=O) groups excluding carboxylic acids is 6. The Kier molecular flexibility index (Phi) is 20.4. The monoisotopic (exact) mass is 1180 g/mol. The van der Waals surface area contributed by atoms with Gasteiger partial charge in [0.15, 0.2) is 23.0 Å². The molecule has 0 aromatic heterocycles. The summed E-state index contributed by atoms with van der Waals surface area (Å²) >= 11 is 3.05. The summed E-state index contributed by atoms with van der Waals surface area (Å²) in [6.45, 7) is 13.2. The maximum absolute atomic E-state index is 13.4. The molecule has 9 aromatic carbocycles. The van der Waals surface area contributed by atoms with E-state index >= 15 is 0 Å². The first-order chi connectivity index (χ1) is 41.6. The lowest BCUT2D eigenvalue weighted by atomic mass is 9.96. The van der Waals surface area contributed by atoms with E-state index < -0.39 is 11.9 Å². The fourth-order valence-electron chi connectivity index (χ4n) is 9.29. The Labute approximate surface area is 508 Å². The lowest BCUT2D eigenvalue weighted by Gasteiger charge is -2.28. The number of oxime groups is 2. The van der Waals surface area contributed by atoms with Crippen LogP contribution in [0.25, 0.3) is 11.1 Å². The van der Waals surface area contributed by atoms with E-state index in [-0.39, 0.29) is 34.6 Å². The van der Waals surface area contributed by atoms with Gasteiger partial charge >= 0.3 is 11.9 Å². The number of rotatable bonds is 18. The number of Topliss-reactive ketones (excluding diaryl/α,β-unsaturated/α-hetero) is 2. The van der Waals surface area contributed by atoms with Gasteiger partial charge in [-0.3, -0.25) is 19.2 Å². The predicted octanol–water partition coefficient (Wildman–Crippen LogP) is 15.2. The molecular weight excluding hydrogens is 1110 g/mol. The molecule has 0 atom stereocenters. The number of hydrogen-bond donors (Lipinski definition) is 0. The Balaban J connectivity index is 0.000000205. The highest BCUT2D eigenvalue weighted by atomic mass is 32.2. The number of morpholine rings is 1. The van der Waals surface area contributed by atoms with Crippen molar-refractivity contribution in [2.24, 2.45) is 10.3 Å². The van der Waals surface area contributed by atoms with Gasteiger partial charge < -0.3 is 19.3 Å². The maximum atomic E-state index is 13.4. The number of carbonyl (C=O) groups is 6. The van der Waals surface area contributed by atoms with Crippen molar-refractivity contribution in [2.75, 3.05) is 31.2 Å². The number of anilines is 1. The van der Waals surface area contributed by atoms with Crippen molar-refractivity contribution >= 4 is 75.7 Å². The molecule has 1 aliphatic heterocycles. The third-order valence-electron chi connectivity index (χ3n) is 14.0. The molecule has 1 heterocycles. The Hall–Kier alpha value is -9.60. The average Bonchev–Trinajstić information content (AvgIpc) is 2.48. The first kappa shape index (κ1) is 61.0. The topological polar surface area (TPSA) is 158 Å². The molecule has 1 fully saturated rings. The van der Waals surface area contributed by atoms with Crippen molar-refractivity contribution in [2.45, 2.75) is 61.1 Å². The minimum Gasteiger partial charge on any atom is -0.378 e. The van der Waals surface area contributed by atoms with E-state index in [1.54, 1.807) is 24.3 Å². The average molecular weight is 1180 g/mol. The molecule has 0 bridgehead atoms. The molecule has 1 aliphatic rings. The second-order valence-corrected chi connectivity index (χ2v) is 22.7. The molecule has 12 nitrogen and oxygen atoms in total. The summed E-state index contributed by atoms with van der Waals surface area (Å²) in [5.41, 5.74) is 11.7. The Bertz CT molecular complexity index is 3990. The van der Waals surface area contributed by atoms with Gasteiger partial charge in [-0.15, -0.1) is 0 Å². The van der Waals surface area contributed by atoms with Crippen molar-refractivity contribution in [1.82, 2.24) is 0 Å². The summed E-state index contributed by atoms with van der Waals surface area (Å²) < 4.78 is 5.42. The van der Waals surface area contributed by atoms with E-state index in [1.807, 2.05) is 216 Å². The molecule has 0 aliphatic carbocycles. The molecule has 1 saturated heterocycles. The van der Waals surface area contributed by atoms with Crippen LogP contribution in [0.4, 0.5) is 5.69 Å². The van der Waals surface area contributed by atoms with E-state index in [0.717, 1.165) is 71.7 Å². The molecular formula is C72H61N3O9S2. The third kappa shape index (κ3) is 16.0. The summed E-state index contributed by atoms with van der Waals surface area (Å²) in [5.74, 6) is -1.94. The summed E-state index contributed by atoms with van der Waals surface area (Å²) in [7, 11) is 0. The third-order valence-corrected chi connectivity index (χ3v) is 16.0. The highest BCUT2D eigenvalue weighted by Crippen LogP contribution is 2.32. The molecule has 0 spiro atoms. The van der Waals surface area contributed by atoms with Crippen LogP contribution in [0.3, 0.4) is 0 Å². The zero-order chi connectivity index (χ0) is 60.7. The second-order valence-electron chi connectivity index (χ2n) is 20.4. The summed E-state index contributed by atoms with van der Waals surface area (Å²) in [6.07, 6.45) is 0. The van der Waals surface area contributed by atoms with Crippen LogP contribution >= 0.6 is 23.5 Å². The second kappa shape index (κ2) is 28.8. The molecule has 0 radical (unpaired) electrons. The van der Waals surface area contributed by atoms with E-state index in [0.29, 0.717) is 57.7 Å². The molecule has 0 N–H and O–H groups in total. The number of benzene rings is 9. The normalized spacial score (nSPS) is 12.3.